The number of tetrazole rings is 1. The number of nitrogens with one attached hydrogen (secondary N) is 4. The number of thiophene rings is 1. The fourth-order valence-corrected chi connectivity index (χ4v) is 5.59. The van der Waals surface area contributed by atoms with Crippen molar-refractivity contribution >= 4 is 74.1 Å². The average molecular weight is 651 g/mol. The minimum absolute atomic E-state index is 0.0499. The molecule has 1 atom stereocenters. The maximum atomic E-state index is 12.9. The van der Waals surface area contributed by atoms with Crippen molar-refractivity contribution in [1.82, 2.24) is 41.2 Å². The number of aromatic amines is 1. The molecule has 18 heteroatoms. The number of carboxylic acid groups (broad SMARTS) is 1. The normalized spacial score (nSPS) is 11.7. The first-order chi connectivity index (χ1) is 21.6. The van der Waals surface area contributed by atoms with Gasteiger partial charge in [-0.05, 0) is 60.0 Å². The van der Waals surface area contributed by atoms with Gasteiger partial charge in [0.05, 0.1) is 31.4 Å². The summed E-state index contributed by atoms with van der Waals surface area (Å²) in [4.78, 5) is 46.0. The maximum Gasteiger partial charge on any atom is 0.326 e. The number of nitrogens with two attached hydrogens (primary N) is 3. The SMILES string of the molecule is Nc1ccc(C(=O)NCCC[C@H](NC(=O)c2ccc(NCc3ccc4nc(N)nc(N)c4c3Cl)s2)C(=O)O)c(-c2nn[nH]n2)c1. The topological polar surface area (TPSA) is 266 Å². The molecule has 0 fully saturated rings. The molecule has 16 nitrogen and oxygen atoms in total. The zero-order chi connectivity index (χ0) is 32.1. The Bertz CT molecular complexity index is 1880. The van der Waals surface area contributed by atoms with Crippen LogP contribution in [0.5, 0.6) is 0 Å². The van der Waals surface area contributed by atoms with E-state index < -0.39 is 23.8 Å². The molecule has 0 bridgehead atoms. The molecule has 2 aromatic carbocycles. The molecular weight excluding hydrogens is 624 g/mol. The van der Waals surface area contributed by atoms with Crippen LogP contribution in [0.25, 0.3) is 22.3 Å². The van der Waals surface area contributed by atoms with Gasteiger partial charge < -0.3 is 38.3 Å². The largest absolute Gasteiger partial charge is 0.480 e. The molecule has 232 valence electrons. The van der Waals surface area contributed by atoms with Crippen molar-refractivity contribution in [1.29, 1.82) is 0 Å². The van der Waals surface area contributed by atoms with Gasteiger partial charge in [0.2, 0.25) is 11.8 Å². The lowest BCUT2D eigenvalue weighted by Gasteiger charge is -2.14. The molecule has 45 heavy (non-hydrogen) atoms. The van der Waals surface area contributed by atoms with Crippen LogP contribution in [0.3, 0.4) is 0 Å². The van der Waals surface area contributed by atoms with E-state index in [2.05, 4.69) is 46.5 Å². The van der Waals surface area contributed by atoms with Crippen molar-refractivity contribution in [2.24, 2.45) is 0 Å². The van der Waals surface area contributed by atoms with Gasteiger partial charge in [0.25, 0.3) is 11.8 Å². The van der Waals surface area contributed by atoms with E-state index in [9.17, 15) is 19.5 Å². The number of aliphatic carboxylic acids is 1. The highest BCUT2D eigenvalue weighted by Gasteiger charge is 2.22. The number of nitrogen functional groups attached to an aromatic ring is 3. The average Bonchev–Trinajstić information content (AvgIpc) is 3.71. The van der Waals surface area contributed by atoms with Gasteiger partial charge in [-0.2, -0.15) is 10.2 Å². The lowest BCUT2D eigenvalue weighted by molar-refractivity contribution is -0.139. The molecule has 0 spiro atoms. The molecular formula is C27H27ClN12O4S. The number of nitrogens with zero attached hydrogens (tertiary/aromatic N) is 5. The predicted molar refractivity (Wildman–Crippen MR) is 170 cm³/mol. The van der Waals surface area contributed by atoms with Crippen LogP contribution in [0.4, 0.5) is 22.5 Å². The van der Waals surface area contributed by atoms with Crippen LogP contribution >= 0.6 is 22.9 Å². The lowest BCUT2D eigenvalue weighted by atomic mass is 10.0. The summed E-state index contributed by atoms with van der Waals surface area (Å²) in [5.74, 6) is -1.73. The summed E-state index contributed by atoms with van der Waals surface area (Å²) in [7, 11) is 0. The Morgan fingerprint density at radius 3 is 2.62 bits per heavy atom. The predicted octanol–water partition coefficient (Wildman–Crippen LogP) is 2.28. The number of carbonyl (C=O) groups is 3. The molecule has 2 amide bonds. The van der Waals surface area contributed by atoms with Crippen molar-refractivity contribution in [2.75, 3.05) is 29.1 Å². The van der Waals surface area contributed by atoms with Crippen LogP contribution in [-0.2, 0) is 11.3 Å². The van der Waals surface area contributed by atoms with E-state index >= 15 is 0 Å². The van der Waals surface area contributed by atoms with E-state index in [0.717, 1.165) is 16.9 Å². The highest BCUT2D eigenvalue weighted by atomic mass is 35.5. The third-order valence-corrected chi connectivity index (χ3v) is 8.12. The van der Waals surface area contributed by atoms with E-state index in [1.165, 1.54) is 0 Å². The number of carboxylic acids is 1. The number of H-pyrrole nitrogens is 1. The van der Waals surface area contributed by atoms with Gasteiger partial charge in [0.1, 0.15) is 11.9 Å². The number of hydrogen-bond acceptors (Lipinski definition) is 13. The van der Waals surface area contributed by atoms with Crippen LogP contribution < -0.4 is 33.2 Å². The Labute approximate surface area is 263 Å². The quantitative estimate of drug-likeness (QED) is 0.0712. The number of benzene rings is 2. The second-order valence-electron chi connectivity index (χ2n) is 9.72. The summed E-state index contributed by atoms with van der Waals surface area (Å²) in [5, 5.41) is 33.4. The standard InChI is InChI=1S/C27H27ClN12O4S/c28-21-12(3-6-16-20(21)22(30)36-27(31)35-16)11-33-19-8-7-18(45-19)25(42)34-17(26(43)44)2-1-9-32-24(41)14-5-4-13(29)10-15(14)23-37-39-40-38-23/h3-8,10,17,33H,1-2,9,11,29H2,(H,32,41)(H,34,42)(H,43,44)(H4,30,31,35,36)(H,37,38,39,40)/t17-/m0/s1. The van der Waals surface area contributed by atoms with E-state index in [1.807, 2.05) is 0 Å². The van der Waals surface area contributed by atoms with Gasteiger partial charge in [0, 0.05) is 24.3 Å². The zero-order valence-corrected chi connectivity index (χ0v) is 24.9. The van der Waals surface area contributed by atoms with Gasteiger partial charge in [-0.3, -0.25) is 9.59 Å². The molecule has 0 saturated heterocycles. The summed E-state index contributed by atoms with van der Waals surface area (Å²) in [6, 6.07) is 10.3. The number of fused-ring (bicyclic) bond motifs is 1. The molecule has 0 aliphatic carbocycles. The van der Waals surface area contributed by atoms with E-state index in [1.54, 1.807) is 42.5 Å². The molecule has 0 saturated carbocycles. The van der Waals surface area contributed by atoms with Gasteiger partial charge in [-0.15, -0.1) is 21.5 Å². The first-order valence-electron chi connectivity index (χ1n) is 13.4. The summed E-state index contributed by atoms with van der Waals surface area (Å²) < 4.78 is 0. The molecule has 0 aliphatic rings. The zero-order valence-electron chi connectivity index (χ0n) is 23.4. The number of carbonyl (C=O) groups excluding carboxylic acids is 2. The Morgan fingerprint density at radius 1 is 1.04 bits per heavy atom. The van der Waals surface area contributed by atoms with Gasteiger partial charge in [-0.1, -0.05) is 17.7 Å². The Morgan fingerprint density at radius 2 is 1.87 bits per heavy atom. The minimum Gasteiger partial charge on any atom is -0.480 e. The van der Waals surface area contributed by atoms with Crippen LogP contribution in [0, 0.1) is 0 Å². The second kappa shape index (κ2) is 13.4. The summed E-state index contributed by atoms with van der Waals surface area (Å²) in [5.41, 5.74) is 19.8. The second-order valence-corrected chi connectivity index (χ2v) is 11.2. The molecule has 5 rings (SSSR count). The van der Waals surface area contributed by atoms with E-state index in [0.29, 0.717) is 43.6 Å². The number of halogens is 1. The van der Waals surface area contributed by atoms with Crippen molar-refractivity contribution in [3.8, 4) is 11.4 Å². The first kappa shape index (κ1) is 30.9. The Balaban J connectivity index is 1.13. The third-order valence-electron chi connectivity index (χ3n) is 6.64. The molecule has 3 aromatic heterocycles. The highest BCUT2D eigenvalue weighted by Crippen LogP contribution is 2.31. The van der Waals surface area contributed by atoms with Gasteiger partial charge >= 0.3 is 5.97 Å². The lowest BCUT2D eigenvalue weighted by Crippen LogP contribution is -2.41. The Hall–Kier alpha value is -5.55. The molecule has 11 N–H and O–H groups in total. The van der Waals surface area contributed by atoms with Gasteiger partial charge in [-0.25, -0.2) is 9.78 Å². The summed E-state index contributed by atoms with van der Waals surface area (Å²) in [6.45, 7) is 0.473. The van der Waals surface area contributed by atoms with Crippen molar-refractivity contribution < 1.29 is 19.5 Å². The number of rotatable bonds is 12. The fraction of sp³-hybridized carbons (Fsp3) is 0.185. The monoisotopic (exact) mass is 650 g/mol. The number of hydrogen-bond donors (Lipinski definition) is 8. The van der Waals surface area contributed by atoms with Gasteiger partial charge in [0.15, 0.2) is 0 Å². The van der Waals surface area contributed by atoms with E-state index in [-0.39, 0.29) is 42.5 Å². The molecule has 5 aromatic rings. The summed E-state index contributed by atoms with van der Waals surface area (Å²) in [6.07, 6.45) is 0.359. The van der Waals surface area contributed by atoms with Crippen molar-refractivity contribution in [3.05, 3.63) is 63.5 Å². The van der Waals surface area contributed by atoms with Crippen LogP contribution in [0.15, 0.2) is 42.5 Å². The first-order valence-corrected chi connectivity index (χ1v) is 14.6. The Kier molecular flexibility index (Phi) is 9.20. The van der Waals surface area contributed by atoms with Crippen molar-refractivity contribution in [3.63, 3.8) is 0 Å². The van der Waals surface area contributed by atoms with E-state index in [4.69, 9.17) is 28.8 Å². The maximum absolute atomic E-state index is 12.9. The number of aromatic nitrogens is 6. The van der Waals surface area contributed by atoms with Crippen molar-refractivity contribution in [2.45, 2.75) is 25.4 Å². The van der Waals surface area contributed by atoms with Crippen LogP contribution in [0.1, 0.15) is 38.4 Å². The fourth-order valence-electron chi connectivity index (χ4n) is 4.46. The van der Waals surface area contributed by atoms with Crippen LogP contribution in [-0.4, -0.2) is 66.1 Å². The molecule has 3 heterocycles. The highest BCUT2D eigenvalue weighted by molar-refractivity contribution is 7.17. The molecule has 0 aliphatic heterocycles. The molecule has 0 unspecified atom stereocenters. The summed E-state index contributed by atoms with van der Waals surface area (Å²) >= 11 is 7.70. The smallest absolute Gasteiger partial charge is 0.326 e. The number of amides is 2. The minimum atomic E-state index is -1.20. The number of anilines is 4. The third kappa shape index (κ3) is 7.16. The van der Waals surface area contributed by atoms with Crippen LogP contribution in [0.2, 0.25) is 5.02 Å². The molecule has 0 radical (unpaired) electrons.